The Morgan fingerprint density at radius 3 is 2.08 bits per heavy atom. The molecule has 0 saturated heterocycles. The average molecular weight is 355 g/mol. The topological polar surface area (TPSA) is 75.3 Å². The third kappa shape index (κ3) is 6.61. The minimum Gasteiger partial charge on any atom is -0.350 e. The summed E-state index contributed by atoms with van der Waals surface area (Å²) in [6.07, 6.45) is 2.70. The zero-order valence-corrected chi connectivity index (χ0v) is 16.1. The summed E-state index contributed by atoms with van der Waals surface area (Å²) in [7, 11) is -3.54. The van der Waals surface area contributed by atoms with Crippen LogP contribution in [0.2, 0.25) is 0 Å². The molecule has 0 bridgehead atoms. The summed E-state index contributed by atoms with van der Waals surface area (Å²) >= 11 is 0. The Hall–Kier alpha value is -1.40. The van der Waals surface area contributed by atoms with Crippen molar-refractivity contribution >= 4 is 15.9 Å². The van der Waals surface area contributed by atoms with Crippen LogP contribution in [0, 0.1) is 5.92 Å². The van der Waals surface area contributed by atoms with Gasteiger partial charge < -0.3 is 5.32 Å². The van der Waals surface area contributed by atoms with E-state index in [1.807, 2.05) is 20.8 Å². The number of hydrogen-bond acceptors (Lipinski definition) is 3. The minimum absolute atomic E-state index is 0.0929. The van der Waals surface area contributed by atoms with Crippen molar-refractivity contribution in [1.82, 2.24) is 10.0 Å². The standard InChI is InChI=1S/C18H30N2O3S/c1-6-14(4)20-24(22,23)17-11-9-16(10-12-17)18(21)19-15(5)8-7-13(2)3/h9-15,20H,6-8H2,1-5H3,(H,19,21). The molecule has 136 valence electrons. The molecule has 5 nitrogen and oxygen atoms in total. The monoisotopic (exact) mass is 354 g/mol. The molecule has 2 unspecified atom stereocenters. The largest absolute Gasteiger partial charge is 0.350 e. The van der Waals surface area contributed by atoms with Gasteiger partial charge in [0.05, 0.1) is 4.90 Å². The van der Waals surface area contributed by atoms with E-state index in [2.05, 4.69) is 23.9 Å². The van der Waals surface area contributed by atoms with E-state index in [0.717, 1.165) is 12.8 Å². The zero-order valence-electron chi connectivity index (χ0n) is 15.3. The van der Waals surface area contributed by atoms with Crippen molar-refractivity contribution in [3.63, 3.8) is 0 Å². The Bertz CT molecular complexity index is 624. The van der Waals surface area contributed by atoms with Gasteiger partial charge in [0.25, 0.3) is 5.91 Å². The third-order valence-corrected chi connectivity index (χ3v) is 5.56. The Morgan fingerprint density at radius 1 is 1.00 bits per heavy atom. The predicted octanol–water partition coefficient (Wildman–Crippen LogP) is 3.32. The predicted molar refractivity (Wildman–Crippen MR) is 97.5 cm³/mol. The summed E-state index contributed by atoms with van der Waals surface area (Å²) in [6, 6.07) is 6.01. The van der Waals surface area contributed by atoms with Crippen molar-refractivity contribution < 1.29 is 13.2 Å². The Morgan fingerprint density at radius 2 is 1.58 bits per heavy atom. The van der Waals surface area contributed by atoms with Crippen molar-refractivity contribution in [3.8, 4) is 0 Å². The van der Waals surface area contributed by atoms with Gasteiger partial charge in [-0.3, -0.25) is 4.79 Å². The minimum atomic E-state index is -3.54. The summed E-state index contributed by atoms with van der Waals surface area (Å²) in [5.74, 6) is 0.428. The van der Waals surface area contributed by atoms with E-state index in [0.29, 0.717) is 17.9 Å². The highest BCUT2D eigenvalue weighted by atomic mass is 32.2. The van der Waals surface area contributed by atoms with Gasteiger partial charge in [-0.2, -0.15) is 0 Å². The molecule has 0 radical (unpaired) electrons. The molecule has 1 aromatic carbocycles. The van der Waals surface area contributed by atoms with Crippen LogP contribution >= 0.6 is 0 Å². The van der Waals surface area contributed by atoms with E-state index < -0.39 is 10.0 Å². The number of benzene rings is 1. The second-order valence-electron chi connectivity index (χ2n) is 6.80. The summed E-state index contributed by atoms with van der Waals surface area (Å²) in [4.78, 5) is 12.4. The van der Waals surface area contributed by atoms with Crippen LogP contribution < -0.4 is 10.0 Å². The Balaban J connectivity index is 2.71. The number of rotatable bonds is 9. The van der Waals surface area contributed by atoms with Crippen LogP contribution in [-0.4, -0.2) is 26.4 Å². The van der Waals surface area contributed by atoms with Gasteiger partial charge in [-0.05, 0) is 63.3 Å². The SMILES string of the molecule is CCC(C)NS(=O)(=O)c1ccc(C(=O)NC(C)CCC(C)C)cc1. The van der Waals surface area contributed by atoms with E-state index in [-0.39, 0.29) is 22.9 Å². The van der Waals surface area contributed by atoms with Gasteiger partial charge in [0.15, 0.2) is 0 Å². The highest BCUT2D eigenvalue weighted by molar-refractivity contribution is 7.89. The number of amides is 1. The Kier molecular flexibility index (Phi) is 7.90. The number of carbonyl (C=O) groups is 1. The van der Waals surface area contributed by atoms with Crippen LogP contribution in [0.5, 0.6) is 0 Å². The van der Waals surface area contributed by atoms with Crippen molar-refractivity contribution in [1.29, 1.82) is 0 Å². The lowest BCUT2D eigenvalue weighted by atomic mass is 10.0. The fourth-order valence-corrected chi connectivity index (χ4v) is 3.49. The fourth-order valence-electron chi connectivity index (χ4n) is 2.16. The van der Waals surface area contributed by atoms with Gasteiger partial charge in [-0.1, -0.05) is 20.8 Å². The highest BCUT2D eigenvalue weighted by Gasteiger charge is 2.17. The van der Waals surface area contributed by atoms with Crippen LogP contribution in [0.25, 0.3) is 0 Å². The summed E-state index contributed by atoms with van der Waals surface area (Å²) in [5, 5.41) is 2.95. The average Bonchev–Trinajstić information content (AvgIpc) is 2.52. The molecule has 24 heavy (non-hydrogen) atoms. The van der Waals surface area contributed by atoms with Crippen LogP contribution in [-0.2, 0) is 10.0 Å². The van der Waals surface area contributed by atoms with E-state index in [9.17, 15) is 13.2 Å². The van der Waals surface area contributed by atoms with Crippen molar-refractivity contribution in [2.45, 2.75) is 70.9 Å². The number of sulfonamides is 1. The van der Waals surface area contributed by atoms with E-state index in [4.69, 9.17) is 0 Å². The second-order valence-corrected chi connectivity index (χ2v) is 8.51. The second kappa shape index (κ2) is 9.18. The molecule has 2 N–H and O–H groups in total. The number of nitrogens with one attached hydrogen (secondary N) is 2. The van der Waals surface area contributed by atoms with E-state index in [1.165, 1.54) is 12.1 Å². The molecule has 0 fully saturated rings. The van der Waals surface area contributed by atoms with Gasteiger partial charge in [-0.25, -0.2) is 13.1 Å². The van der Waals surface area contributed by atoms with Gasteiger partial charge in [0.1, 0.15) is 0 Å². The van der Waals surface area contributed by atoms with Crippen molar-refractivity contribution in [2.75, 3.05) is 0 Å². The lowest BCUT2D eigenvalue weighted by Gasteiger charge is -2.15. The first-order valence-corrected chi connectivity index (χ1v) is 10.1. The van der Waals surface area contributed by atoms with Gasteiger partial charge in [0, 0.05) is 17.6 Å². The third-order valence-electron chi connectivity index (χ3n) is 3.95. The van der Waals surface area contributed by atoms with Crippen LogP contribution in [0.4, 0.5) is 0 Å². The normalized spacial score (nSPS) is 14.4. The summed E-state index contributed by atoms with van der Waals surface area (Å²) < 4.78 is 27.0. The van der Waals surface area contributed by atoms with Crippen LogP contribution in [0.3, 0.4) is 0 Å². The summed E-state index contributed by atoms with van der Waals surface area (Å²) in [5.41, 5.74) is 0.467. The van der Waals surface area contributed by atoms with E-state index >= 15 is 0 Å². The molecular weight excluding hydrogens is 324 g/mol. The molecule has 2 atom stereocenters. The van der Waals surface area contributed by atoms with Crippen LogP contribution in [0.15, 0.2) is 29.2 Å². The highest BCUT2D eigenvalue weighted by Crippen LogP contribution is 2.13. The van der Waals surface area contributed by atoms with Crippen molar-refractivity contribution in [2.24, 2.45) is 5.92 Å². The number of carbonyl (C=O) groups excluding carboxylic acids is 1. The molecule has 0 aromatic heterocycles. The molecule has 1 amide bonds. The first-order valence-electron chi connectivity index (χ1n) is 8.59. The molecule has 6 heteroatoms. The summed E-state index contributed by atoms with van der Waals surface area (Å²) in [6.45, 7) is 10.0. The van der Waals surface area contributed by atoms with Gasteiger partial charge in [-0.15, -0.1) is 0 Å². The molecular formula is C18H30N2O3S. The molecule has 0 aliphatic carbocycles. The first kappa shape index (κ1) is 20.6. The molecule has 0 saturated carbocycles. The molecule has 1 aromatic rings. The van der Waals surface area contributed by atoms with Crippen molar-refractivity contribution in [3.05, 3.63) is 29.8 Å². The van der Waals surface area contributed by atoms with Gasteiger partial charge >= 0.3 is 0 Å². The fraction of sp³-hybridized carbons (Fsp3) is 0.611. The quantitative estimate of drug-likeness (QED) is 0.714. The maximum atomic E-state index is 12.2. The van der Waals surface area contributed by atoms with Gasteiger partial charge in [0.2, 0.25) is 10.0 Å². The molecule has 1 rings (SSSR count). The van der Waals surface area contributed by atoms with E-state index in [1.54, 1.807) is 12.1 Å². The maximum Gasteiger partial charge on any atom is 0.251 e. The number of hydrogen-bond donors (Lipinski definition) is 2. The Labute approximate surface area is 146 Å². The zero-order chi connectivity index (χ0) is 18.3. The molecule has 0 spiro atoms. The lowest BCUT2D eigenvalue weighted by Crippen LogP contribution is -2.33. The molecule has 0 aliphatic heterocycles. The molecule has 0 aliphatic rings. The maximum absolute atomic E-state index is 12.2. The van der Waals surface area contributed by atoms with Crippen LogP contribution in [0.1, 0.15) is 64.2 Å². The lowest BCUT2D eigenvalue weighted by molar-refractivity contribution is 0.0937. The molecule has 0 heterocycles. The first-order chi connectivity index (χ1) is 11.2. The smallest absolute Gasteiger partial charge is 0.251 e.